The maximum Gasteiger partial charge on any atom is 0.243 e. The number of hydrogen-bond acceptors (Lipinski definition) is 10. The predicted molar refractivity (Wildman–Crippen MR) is 182 cm³/mol. The van der Waals surface area contributed by atoms with Crippen molar-refractivity contribution in [3.8, 4) is 11.5 Å². The normalized spacial score (nSPS) is 11.7. The second kappa shape index (κ2) is 18.2. The predicted octanol–water partition coefficient (Wildman–Crippen LogP) is 1.67. The average Bonchev–Trinajstić information content (AvgIpc) is 3.79. The van der Waals surface area contributed by atoms with Crippen molar-refractivity contribution in [2.24, 2.45) is 11.5 Å². The van der Waals surface area contributed by atoms with Gasteiger partial charge in [-0.1, -0.05) is 23.7 Å². The molecule has 14 nitrogen and oxygen atoms in total. The van der Waals surface area contributed by atoms with Gasteiger partial charge in [-0.3, -0.25) is 19.2 Å². The molecule has 1 aromatic heterocycles. The molecule has 4 rings (SSSR count). The molecule has 2 heterocycles. The summed E-state index contributed by atoms with van der Waals surface area (Å²) in [5, 5.41) is 3.75. The molecule has 4 amide bonds. The second-order valence-electron chi connectivity index (χ2n) is 11.5. The Labute approximate surface area is 290 Å². The molecule has 264 valence electrons. The van der Waals surface area contributed by atoms with Gasteiger partial charge in [0, 0.05) is 18.1 Å². The van der Waals surface area contributed by atoms with Crippen LogP contribution in [0.15, 0.2) is 59.2 Å². The number of halogens is 1. The van der Waals surface area contributed by atoms with Crippen LogP contribution in [-0.4, -0.2) is 103 Å². The Bertz CT molecular complexity index is 1590. The quantitative estimate of drug-likeness (QED) is 0.131. The highest BCUT2D eigenvalue weighted by Crippen LogP contribution is 2.32. The van der Waals surface area contributed by atoms with Crippen LogP contribution >= 0.6 is 11.6 Å². The number of carbonyl (C=O) groups excluding carboxylic acids is 4. The average molecular weight is 698 g/mol. The molecule has 1 aliphatic heterocycles. The van der Waals surface area contributed by atoms with Gasteiger partial charge >= 0.3 is 0 Å². The summed E-state index contributed by atoms with van der Waals surface area (Å²) < 4.78 is 16.3. The van der Waals surface area contributed by atoms with Gasteiger partial charge in [-0.15, -0.1) is 0 Å². The van der Waals surface area contributed by atoms with Crippen molar-refractivity contribution in [3.63, 3.8) is 0 Å². The third-order valence-electron chi connectivity index (χ3n) is 8.10. The first-order valence-electron chi connectivity index (χ1n) is 16.0. The van der Waals surface area contributed by atoms with Gasteiger partial charge in [0.2, 0.25) is 30.4 Å². The Morgan fingerprint density at radius 1 is 0.816 bits per heavy atom. The zero-order valence-corrected chi connectivity index (χ0v) is 28.6. The molecule has 0 atom stereocenters. The summed E-state index contributed by atoms with van der Waals surface area (Å²) in [6.45, 7) is 3.61. The summed E-state index contributed by atoms with van der Waals surface area (Å²) >= 11 is 6.03. The van der Waals surface area contributed by atoms with Crippen LogP contribution in [0.2, 0.25) is 5.02 Å². The van der Waals surface area contributed by atoms with E-state index in [1.165, 1.54) is 16.1 Å². The Morgan fingerprint density at radius 3 is 2.16 bits per heavy atom. The molecule has 0 fully saturated rings. The molecule has 0 saturated heterocycles. The highest BCUT2D eigenvalue weighted by molar-refractivity contribution is 6.30. The van der Waals surface area contributed by atoms with Crippen molar-refractivity contribution in [2.75, 3.05) is 59.4 Å². The molecule has 0 radical (unpaired) electrons. The summed E-state index contributed by atoms with van der Waals surface area (Å²) in [6.07, 6.45) is 2.16. The first-order valence-corrected chi connectivity index (χ1v) is 16.4. The van der Waals surface area contributed by atoms with Gasteiger partial charge in [0.15, 0.2) is 11.5 Å². The first kappa shape index (κ1) is 37.2. The fourth-order valence-electron chi connectivity index (χ4n) is 5.23. The van der Waals surface area contributed by atoms with Gasteiger partial charge in [-0.25, -0.2) is 0 Å². The van der Waals surface area contributed by atoms with Crippen LogP contribution in [0.25, 0.3) is 0 Å². The fourth-order valence-corrected chi connectivity index (χ4v) is 5.45. The second-order valence-corrected chi connectivity index (χ2v) is 11.9. The number of furan rings is 1. The number of likely N-dealkylation sites (N-methyl/N-ethyl adjacent to an activating group) is 1. The van der Waals surface area contributed by atoms with Gasteiger partial charge < -0.3 is 50.3 Å². The number of nitrogens with two attached hydrogens (primary N) is 2. The molecule has 0 bridgehead atoms. The monoisotopic (exact) mass is 697 g/mol. The van der Waals surface area contributed by atoms with Crippen LogP contribution in [0.3, 0.4) is 0 Å². The van der Waals surface area contributed by atoms with Crippen molar-refractivity contribution in [1.82, 2.24) is 24.9 Å². The molecule has 0 spiro atoms. The fraction of sp³-hybridized carbons (Fsp3) is 0.412. The van der Waals surface area contributed by atoms with Gasteiger partial charge in [0.1, 0.15) is 25.4 Å². The molecule has 2 aromatic carbocycles. The standard InChI is InChI=1S/C34H44ClN7O7/c1-3-39(16-25-6-9-29-30(14-25)49-23-48-29)32(44)18-40(17-28-5-4-12-47-28)33(45)19-42(22-37)34(46)20-41(21-36)31(43)15-38-11-10-26-7-8-27(35)13-24(26)2/h4-9,12-14,38H,3,10-11,15-23,36-37H2,1-2H3. The largest absolute Gasteiger partial charge is 0.467 e. The van der Waals surface area contributed by atoms with Gasteiger partial charge in [-0.2, -0.15) is 0 Å². The summed E-state index contributed by atoms with van der Waals surface area (Å²) in [5.41, 5.74) is 14.7. The Hall–Kier alpha value is -4.63. The number of aryl methyl sites for hydroxylation is 1. The number of hydrogen-bond donors (Lipinski definition) is 3. The number of rotatable bonds is 18. The summed E-state index contributed by atoms with van der Waals surface area (Å²) in [4.78, 5) is 58.5. The summed E-state index contributed by atoms with van der Waals surface area (Å²) in [6, 6.07) is 14.5. The maximum atomic E-state index is 13.6. The van der Waals surface area contributed by atoms with E-state index in [9.17, 15) is 19.2 Å². The van der Waals surface area contributed by atoms with Crippen molar-refractivity contribution in [3.05, 3.63) is 82.3 Å². The number of carbonyl (C=O) groups is 4. The maximum absolute atomic E-state index is 13.6. The molecular formula is C34H44ClN7O7. The lowest BCUT2D eigenvalue weighted by molar-refractivity contribution is -0.146. The van der Waals surface area contributed by atoms with E-state index in [0.29, 0.717) is 48.3 Å². The van der Waals surface area contributed by atoms with E-state index in [2.05, 4.69) is 5.32 Å². The third kappa shape index (κ3) is 10.7. The number of nitrogens with one attached hydrogen (secondary N) is 1. The highest BCUT2D eigenvalue weighted by atomic mass is 35.5. The van der Waals surface area contributed by atoms with Crippen molar-refractivity contribution < 1.29 is 33.1 Å². The zero-order valence-electron chi connectivity index (χ0n) is 27.9. The molecule has 5 N–H and O–H groups in total. The molecule has 0 saturated carbocycles. The molecule has 3 aromatic rings. The molecule has 0 unspecified atom stereocenters. The SMILES string of the molecule is CCN(Cc1ccc2c(c1)OCO2)C(=O)CN(Cc1ccco1)C(=O)CN(CN)C(=O)CN(CN)C(=O)CNCCc1ccc(Cl)cc1C. The number of ether oxygens (including phenoxy) is 2. The molecule has 49 heavy (non-hydrogen) atoms. The van der Waals surface area contributed by atoms with E-state index >= 15 is 0 Å². The lowest BCUT2D eigenvalue weighted by Crippen LogP contribution is -2.52. The lowest BCUT2D eigenvalue weighted by atomic mass is 10.1. The number of benzene rings is 2. The first-order chi connectivity index (χ1) is 23.6. The number of fused-ring (bicyclic) bond motifs is 1. The lowest BCUT2D eigenvalue weighted by Gasteiger charge is -2.29. The van der Waals surface area contributed by atoms with Gasteiger partial charge in [0.25, 0.3) is 0 Å². The van der Waals surface area contributed by atoms with Crippen LogP contribution in [0, 0.1) is 6.92 Å². The van der Waals surface area contributed by atoms with E-state index in [-0.39, 0.29) is 58.1 Å². The van der Waals surface area contributed by atoms with Crippen molar-refractivity contribution in [1.29, 1.82) is 0 Å². The van der Waals surface area contributed by atoms with Crippen LogP contribution in [0.4, 0.5) is 0 Å². The molecule has 0 aliphatic carbocycles. The van der Waals surface area contributed by atoms with Crippen LogP contribution in [0.5, 0.6) is 11.5 Å². The van der Waals surface area contributed by atoms with Crippen LogP contribution < -0.4 is 26.3 Å². The highest BCUT2D eigenvalue weighted by Gasteiger charge is 2.27. The van der Waals surface area contributed by atoms with Crippen molar-refractivity contribution >= 4 is 35.2 Å². The minimum Gasteiger partial charge on any atom is -0.467 e. The molecular weight excluding hydrogens is 654 g/mol. The van der Waals surface area contributed by atoms with Gasteiger partial charge in [-0.05, 0) is 79.9 Å². The van der Waals surface area contributed by atoms with Crippen molar-refractivity contribution in [2.45, 2.75) is 33.4 Å². The van der Waals surface area contributed by atoms with Gasteiger partial charge in [0.05, 0.1) is 32.7 Å². The Kier molecular flexibility index (Phi) is 13.8. The van der Waals surface area contributed by atoms with E-state index in [4.69, 9.17) is 37.0 Å². The molecule has 1 aliphatic rings. The topological polar surface area (TPSA) is 177 Å². The van der Waals surface area contributed by atoms with E-state index in [1.54, 1.807) is 23.1 Å². The smallest absolute Gasteiger partial charge is 0.243 e. The van der Waals surface area contributed by atoms with E-state index in [0.717, 1.165) is 21.6 Å². The third-order valence-corrected chi connectivity index (χ3v) is 8.34. The molecule has 15 heteroatoms. The zero-order chi connectivity index (χ0) is 35.3. The van der Waals surface area contributed by atoms with E-state index in [1.807, 2.05) is 44.2 Å². The minimum absolute atomic E-state index is 0.000376. The summed E-state index contributed by atoms with van der Waals surface area (Å²) in [7, 11) is 0. The number of amides is 4. The summed E-state index contributed by atoms with van der Waals surface area (Å²) in [5.74, 6) is -0.0466. The van der Waals surface area contributed by atoms with E-state index < -0.39 is 18.4 Å². The van der Waals surface area contributed by atoms with Crippen LogP contribution in [-0.2, 0) is 38.7 Å². The van der Waals surface area contributed by atoms with Crippen LogP contribution in [0.1, 0.15) is 29.4 Å². The minimum atomic E-state index is -0.561. The Balaban J connectivity index is 1.33. The number of nitrogens with zero attached hydrogens (tertiary/aromatic N) is 4. The Morgan fingerprint density at radius 2 is 1.49 bits per heavy atom.